The molecule has 1 amide bonds. The van der Waals surface area contributed by atoms with Gasteiger partial charge in [-0.3, -0.25) is 14.7 Å². The number of amides is 1. The zero-order valence-electron chi connectivity index (χ0n) is 15.8. The first-order valence-electron chi connectivity index (χ1n) is 9.54. The Morgan fingerprint density at radius 3 is 2.66 bits per heavy atom. The Morgan fingerprint density at radius 2 is 1.93 bits per heavy atom. The van der Waals surface area contributed by atoms with Gasteiger partial charge in [0.25, 0.3) is 0 Å². The van der Waals surface area contributed by atoms with Crippen LogP contribution in [0.2, 0.25) is 5.02 Å². The molecule has 29 heavy (non-hydrogen) atoms. The third-order valence-electron chi connectivity index (χ3n) is 5.29. The third kappa shape index (κ3) is 4.63. The Morgan fingerprint density at radius 1 is 1.14 bits per heavy atom. The predicted octanol–water partition coefficient (Wildman–Crippen LogP) is 5.08. The summed E-state index contributed by atoms with van der Waals surface area (Å²) < 4.78 is 13.4. The average Bonchev–Trinajstić information content (AvgIpc) is 3.15. The van der Waals surface area contributed by atoms with Crippen molar-refractivity contribution in [1.82, 2.24) is 9.88 Å². The van der Waals surface area contributed by atoms with Crippen molar-refractivity contribution in [1.29, 1.82) is 0 Å². The molecular weight excluding hydrogens is 389 g/mol. The predicted molar refractivity (Wildman–Crippen MR) is 112 cm³/mol. The van der Waals surface area contributed by atoms with Gasteiger partial charge in [-0.05, 0) is 47.9 Å². The van der Waals surface area contributed by atoms with Crippen molar-refractivity contribution in [2.75, 3.05) is 11.9 Å². The number of halogens is 2. The second-order valence-corrected chi connectivity index (χ2v) is 7.66. The van der Waals surface area contributed by atoms with Crippen molar-refractivity contribution in [3.8, 4) is 0 Å². The number of carbonyl (C=O) groups is 1. The fraction of sp³-hybridized carbons (Fsp3) is 0.217. The number of hydrogen-bond donors (Lipinski definition) is 1. The summed E-state index contributed by atoms with van der Waals surface area (Å²) in [5, 5.41) is 3.65. The molecule has 1 aliphatic heterocycles. The molecule has 4 nitrogen and oxygen atoms in total. The molecule has 1 aromatic heterocycles. The molecule has 1 aliphatic rings. The van der Waals surface area contributed by atoms with E-state index in [1.54, 1.807) is 30.6 Å². The van der Waals surface area contributed by atoms with E-state index in [-0.39, 0.29) is 23.7 Å². The lowest BCUT2D eigenvalue weighted by molar-refractivity contribution is -0.119. The smallest absolute Gasteiger partial charge is 0.228 e. The lowest BCUT2D eigenvalue weighted by atomic mass is 9.99. The van der Waals surface area contributed by atoms with E-state index in [2.05, 4.69) is 15.2 Å². The van der Waals surface area contributed by atoms with Crippen molar-refractivity contribution >= 4 is 23.2 Å². The van der Waals surface area contributed by atoms with Gasteiger partial charge in [0.2, 0.25) is 5.91 Å². The first-order valence-corrected chi connectivity index (χ1v) is 9.92. The number of anilines is 1. The maximum atomic E-state index is 13.4. The summed E-state index contributed by atoms with van der Waals surface area (Å²) in [6, 6.07) is 17.8. The van der Waals surface area contributed by atoms with E-state index in [0.29, 0.717) is 30.2 Å². The summed E-state index contributed by atoms with van der Waals surface area (Å²) in [5.74, 6) is -0.491. The van der Waals surface area contributed by atoms with Crippen LogP contribution in [0.15, 0.2) is 73.1 Å². The molecule has 2 heterocycles. The van der Waals surface area contributed by atoms with E-state index in [1.807, 2.05) is 30.3 Å². The molecule has 1 saturated heterocycles. The largest absolute Gasteiger partial charge is 0.324 e. The summed E-state index contributed by atoms with van der Waals surface area (Å²) in [7, 11) is 0. The molecule has 4 rings (SSSR count). The maximum Gasteiger partial charge on any atom is 0.228 e. The number of nitrogens with zero attached hydrogens (tertiary/aromatic N) is 2. The van der Waals surface area contributed by atoms with Crippen LogP contribution in [0.4, 0.5) is 10.1 Å². The van der Waals surface area contributed by atoms with Gasteiger partial charge in [-0.1, -0.05) is 41.9 Å². The summed E-state index contributed by atoms with van der Waals surface area (Å²) in [6.45, 7) is 1.22. The Labute approximate surface area is 174 Å². The molecular formula is C23H21ClFN3O. The number of rotatable bonds is 5. The Kier molecular flexibility index (Phi) is 5.88. The van der Waals surface area contributed by atoms with Crippen LogP contribution in [-0.4, -0.2) is 22.3 Å². The van der Waals surface area contributed by atoms with Crippen molar-refractivity contribution in [2.24, 2.45) is 5.92 Å². The number of pyridine rings is 1. The summed E-state index contributed by atoms with van der Waals surface area (Å²) >= 11 is 6.36. The third-order valence-corrected chi connectivity index (χ3v) is 5.66. The van der Waals surface area contributed by atoms with Crippen LogP contribution in [0.25, 0.3) is 0 Å². The van der Waals surface area contributed by atoms with Crippen LogP contribution in [0.3, 0.4) is 0 Å². The maximum absolute atomic E-state index is 13.4. The number of nitrogens with one attached hydrogen (secondary N) is 1. The monoisotopic (exact) mass is 409 g/mol. The fourth-order valence-electron chi connectivity index (χ4n) is 3.83. The van der Waals surface area contributed by atoms with Gasteiger partial charge in [-0.25, -0.2) is 4.39 Å². The van der Waals surface area contributed by atoms with Gasteiger partial charge in [0.1, 0.15) is 5.82 Å². The van der Waals surface area contributed by atoms with Gasteiger partial charge in [0.05, 0.1) is 17.8 Å². The molecule has 148 valence electrons. The molecule has 1 fully saturated rings. The Balaban J connectivity index is 1.56. The molecule has 2 aromatic carbocycles. The minimum Gasteiger partial charge on any atom is -0.324 e. The zero-order chi connectivity index (χ0) is 20.2. The Hall–Kier alpha value is -2.76. The number of hydrogen-bond acceptors (Lipinski definition) is 3. The molecule has 0 saturated carbocycles. The second kappa shape index (κ2) is 8.72. The first-order chi connectivity index (χ1) is 14.1. The number of aromatic nitrogens is 1. The molecule has 0 radical (unpaired) electrons. The first kappa shape index (κ1) is 19.6. The molecule has 0 aliphatic carbocycles. The van der Waals surface area contributed by atoms with E-state index in [1.165, 1.54) is 12.1 Å². The number of likely N-dealkylation sites (tertiary alicyclic amines) is 1. The van der Waals surface area contributed by atoms with E-state index in [4.69, 9.17) is 11.6 Å². The van der Waals surface area contributed by atoms with Crippen LogP contribution in [0.1, 0.15) is 23.6 Å². The van der Waals surface area contributed by atoms with Crippen LogP contribution >= 0.6 is 11.6 Å². The van der Waals surface area contributed by atoms with Gasteiger partial charge in [-0.15, -0.1) is 0 Å². The van der Waals surface area contributed by atoms with Crippen LogP contribution in [-0.2, 0) is 11.3 Å². The number of benzene rings is 2. The highest BCUT2D eigenvalue weighted by Gasteiger charge is 2.37. The van der Waals surface area contributed by atoms with Crippen LogP contribution in [0, 0.1) is 11.7 Å². The van der Waals surface area contributed by atoms with Gasteiger partial charge in [0, 0.05) is 30.4 Å². The fourth-order valence-corrected chi connectivity index (χ4v) is 4.02. The molecule has 6 heteroatoms. The van der Waals surface area contributed by atoms with Crippen molar-refractivity contribution in [3.05, 3.63) is 95.0 Å². The van der Waals surface area contributed by atoms with Gasteiger partial charge in [-0.2, -0.15) is 0 Å². The molecule has 0 bridgehead atoms. The Bertz CT molecular complexity index is 981. The van der Waals surface area contributed by atoms with Crippen LogP contribution < -0.4 is 5.32 Å². The number of carbonyl (C=O) groups excluding carboxylic acids is 1. The van der Waals surface area contributed by atoms with E-state index < -0.39 is 0 Å². The standard InChI is InChI=1S/C23H21ClFN3O/c24-21-6-2-1-4-17(21)14-28-15-18(23(29)27-20-5-3-11-26-13-20)12-22(28)16-7-9-19(25)10-8-16/h1-11,13,18,22H,12,14-15H2,(H,27,29)/t18-,22-/m1/s1. The highest BCUT2D eigenvalue weighted by Crippen LogP contribution is 2.37. The van der Waals surface area contributed by atoms with Gasteiger partial charge in [0.15, 0.2) is 0 Å². The molecule has 2 atom stereocenters. The highest BCUT2D eigenvalue weighted by molar-refractivity contribution is 6.31. The molecule has 0 unspecified atom stereocenters. The lowest BCUT2D eigenvalue weighted by Crippen LogP contribution is -2.27. The lowest BCUT2D eigenvalue weighted by Gasteiger charge is -2.25. The van der Waals surface area contributed by atoms with Crippen LogP contribution in [0.5, 0.6) is 0 Å². The minimum absolute atomic E-state index is 0.0107. The molecule has 0 spiro atoms. The summed E-state index contributed by atoms with van der Waals surface area (Å²) in [4.78, 5) is 19.1. The van der Waals surface area contributed by atoms with E-state index >= 15 is 0 Å². The van der Waals surface area contributed by atoms with Crippen molar-refractivity contribution in [2.45, 2.75) is 19.0 Å². The van der Waals surface area contributed by atoms with Crippen molar-refractivity contribution in [3.63, 3.8) is 0 Å². The van der Waals surface area contributed by atoms with E-state index in [9.17, 15) is 9.18 Å². The summed E-state index contributed by atoms with van der Waals surface area (Å²) in [5.41, 5.74) is 2.69. The molecule has 1 N–H and O–H groups in total. The SMILES string of the molecule is O=C(Nc1cccnc1)[C@@H]1C[C@H](c2ccc(F)cc2)N(Cc2ccccc2Cl)C1. The zero-order valence-corrected chi connectivity index (χ0v) is 16.5. The highest BCUT2D eigenvalue weighted by atomic mass is 35.5. The minimum atomic E-state index is -0.268. The topological polar surface area (TPSA) is 45.2 Å². The normalized spacial score (nSPS) is 19.2. The van der Waals surface area contributed by atoms with Crippen molar-refractivity contribution < 1.29 is 9.18 Å². The second-order valence-electron chi connectivity index (χ2n) is 7.25. The van der Waals surface area contributed by atoms with E-state index in [0.717, 1.165) is 11.1 Å². The molecule has 3 aromatic rings. The average molecular weight is 410 g/mol. The van der Waals surface area contributed by atoms with Gasteiger partial charge < -0.3 is 5.32 Å². The quantitative estimate of drug-likeness (QED) is 0.639. The summed E-state index contributed by atoms with van der Waals surface area (Å²) in [6.07, 6.45) is 3.95. The van der Waals surface area contributed by atoms with Gasteiger partial charge >= 0.3 is 0 Å².